The Bertz CT molecular complexity index is 849. The Hall–Kier alpha value is -2.81. The molecule has 0 aliphatic heterocycles. The van der Waals surface area contributed by atoms with Crippen LogP contribution in [0.5, 0.6) is 0 Å². The minimum absolute atomic E-state index is 0.0219. The van der Waals surface area contributed by atoms with Gasteiger partial charge in [0.2, 0.25) is 0 Å². The predicted octanol–water partition coefficient (Wildman–Crippen LogP) is 7.57. The van der Waals surface area contributed by atoms with Gasteiger partial charge in [-0.05, 0) is 44.9 Å². The third-order valence-corrected chi connectivity index (χ3v) is 5.76. The summed E-state index contributed by atoms with van der Waals surface area (Å²) in [6.45, 7) is 10.7. The molecule has 0 aromatic heterocycles. The van der Waals surface area contributed by atoms with Crippen LogP contribution in [0.2, 0.25) is 0 Å². The van der Waals surface area contributed by atoms with Crippen molar-refractivity contribution in [1.82, 2.24) is 0 Å². The molecule has 0 rings (SSSR count). The average Bonchev–Trinajstić information content (AvgIpc) is 2.84. The van der Waals surface area contributed by atoms with E-state index in [1.54, 1.807) is 6.08 Å². The van der Waals surface area contributed by atoms with Crippen molar-refractivity contribution in [3.05, 3.63) is 34.9 Å². The fourth-order valence-corrected chi connectivity index (χ4v) is 3.64. The molecule has 0 aromatic rings. The first-order valence-corrected chi connectivity index (χ1v) is 14.1. The van der Waals surface area contributed by atoms with Gasteiger partial charge in [-0.25, -0.2) is 0 Å². The van der Waals surface area contributed by atoms with Crippen LogP contribution in [-0.2, 0) is 28.6 Å². The molecule has 0 radical (unpaired) electrons. The molecule has 0 aliphatic rings. The van der Waals surface area contributed by atoms with E-state index in [-0.39, 0.29) is 19.2 Å². The lowest BCUT2D eigenvalue weighted by Gasteiger charge is -2.19. The van der Waals surface area contributed by atoms with Crippen molar-refractivity contribution in [3.8, 4) is 11.8 Å². The Kier molecular flexibility index (Phi) is 21.6. The number of ether oxygens (including phenoxy) is 3. The number of hydrogen-bond acceptors (Lipinski definition) is 6. The molecular formula is C32H50O6. The van der Waals surface area contributed by atoms with Crippen LogP contribution in [0.3, 0.4) is 0 Å². The van der Waals surface area contributed by atoms with Gasteiger partial charge in [0.1, 0.15) is 19.3 Å². The molecule has 0 aliphatic carbocycles. The van der Waals surface area contributed by atoms with Gasteiger partial charge in [-0.3, -0.25) is 14.4 Å². The number of hydrogen-bond donors (Lipinski definition) is 0. The summed E-state index contributed by atoms with van der Waals surface area (Å²) in [7, 11) is 0. The summed E-state index contributed by atoms with van der Waals surface area (Å²) in [6, 6.07) is 0. The number of unbranched alkanes of at least 4 members (excludes halogenated alkanes) is 9. The summed E-state index contributed by atoms with van der Waals surface area (Å²) < 4.78 is 16.0. The van der Waals surface area contributed by atoms with E-state index in [9.17, 15) is 14.4 Å². The zero-order valence-electron chi connectivity index (χ0n) is 24.7. The standard InChI is InChI=1S/C32H50O6/c1-7-8-9-10-11-12-13-14-15-16-20-32(35)36-24-23-30(25-37-28(5)33)31(38-29(6)34)22-21-27(4)19-17-18-26(2)3/h18,21,23,31H,7-16,20,22,24-25H2,1-6H3/b27-21+,30-23+. The molecule has 0 saturated heterocycles. The van der Waals surface area contributed by atoms with Crippen LogP contribution < -0.4 is 0 Å². The SMILES string of the molecule is CCCCCCCCCCCCC(=O)OC/C=C(\COC(C)=O)C(C/C=C(\C)C#CC=C(C)C)OC(C)=O. The van der Waals surface area contributed by atoms with Crippen LogP contribution in [0.1, 0.15) is 119 Å². The first-order chi connectivity index (χ1) is 18.1. The quantitative estimate of drug-likeness (QED) is 0.0563. The molecular weight excluding hydrogens is 480 g/mol. The molecule has 0 fully saturated rings. The molecule has 0 N–H and O–H groups in total. The van der Waals surface area contributed by atoms with Gasteiger partial charge in [0.05, 0.1) is 0 Å². The fraction of sp³-hybridized carbons (Fsp3) is 0.656. The molecule has 0 amide bonds. The van der Waals surface area contributed by atoms with Crippen LogP contribution in [0, 0.1) is 11.8 Å². The Balaban J connectivity index is 4.83. The van der Waals surface area contributed by atoms with Crippen molar-refractivity contribution in [2.75, 3.05) is 13.2 Å². The second-order valence-corrected chi connectivity index (χ2v) is 9.89. The Morgan fingerprint density at radius 3 is 1.92 bits per heavy atom. The van der Waals surface area contributed by atoms with Crippen molar-refractivity contribution in [1.29, 1.82) is 0 Å². The van der Waals surface area contributed by atoms with Gasteiger partial charge in [0, 0.05) is 32.3 Å². The average molecular weight is 531 g/mol. The smallest absolute Gasteiger partial charge is 0.306 e. The van der Waals surface area contributed by atoms with E-state index in [1.165, 1.54) is 58.8 Å². The van der Waals surface area contributed by atoms with Gasteiger partial charge in [0.25, 0.3) is 0 Å². The monoisotopic (exact) mass is 530 g/mol. The second kappa shape index (κ2) is 23.3. The van der Waals surface area contributed by atoms with Crippen molar-refractivity contribution in [2.24, 2.45) is 0 Å². The Morgan fingerprint density at radius 2 is 1.37 bits per heavy atom. The molecule has 1 unspecified atom stereocenters. The highest BCUT2D eigenvalue weighted by Crippen LogP contribution is 2.16. The maximum atomic E-state index is 12.2. The van der Waals surface area contributed by atoms with E-state index >= 15 is 0 Å². The highest BCUT2D eigenvalue weighted by molar-refractivity contribution is 5.69. The first kappa shape index (κ1) is 35.2. The predicted molar refractivity (Wildman–Crippen MR) is 153 cm³/mol. The third kappa shape index (κ3) is 22.4. The van der Waals surface area contributed by atoms with Gasteiger partial charge >= 0.3 is 17.9 Å². The molecule has 214 valence electrons. The first-order valence-electron chi connectivity index (χ1n) is 14.1. The summed E-state index contributed by atoms with van der Waals surface area (Å²) in [5, 5.41) is 0. The molecule has 38 heavy (non-hydrogen) atoms. The topological polar surface area (TPSA) is 78.9 Å². The summed E-state index contributed by atoms with van der Waals surface area (Å²) in [5.74, 6) is 4.84. The normalized spacial score (nSPS) is 12.2. The molecule has 6 nitrogen and oxygen atoms in total. The lowest BCUT2D eigenvalue weighted by molar-refractivity contribution is -0.146. The van der Waals surface area contributed by atoms with Gasteiger partial charge in [-0.15, -0.1) is 0 Å². The van der Waals surface area contributed by atoms with E-state index in [0.29, 0.717) is 18.4 Å². The number of rotatable bonds is 19. The van der Waals surface area contributed by atoms with Crippen molar-refractivity contribution >= 4 is 17.9 Å². The molecule has 1 atom stereocenters. The summed E-state index contributed by atoms with van der Waals surface area (Å²) in [4.78, 5) is 35.3. The lowest BCUT2D eigenvalue weighted by Crippen LogP contribution is -2.23. The zero-order valence-corrected chi connectivity index (χ0v) is 24.7. The lowest BCUT2D eigenvalue weighted by atomic mass is 10.0. The zero-order chi connectivity index (χ0) is 28.6. The maximum absolute atomic E-state index is 12.2. The maximum Gasteiger partial charge on any atom is 0.306 e. The van der Waals surface area contributed by atoms with Crippen molar-refractivity contribution < 1.29 is 28.6 Å². The highest BCUT2D eigenvalue weighted by atomic mass is 16.6. The number of carbonyl (C=O) groups is 3. The van der Waals surface area contributed by atoms with E-state index in [2.05, 4.69) is 18.8 Å². The highest BCUT2D eigenvalue weighted by Gasteiger charge is 2.18. The van der Waals surface area contributed by atoms with E-state index in [4.69, 9.17) is 14.2 Å². The summed E-state index contributed by atoms with van der Waals surface area (Å²) in [5.41, 5.74) is 2.50. The molecule has 6 heteroatoms. The molecule has 0 aromatic carbocycles. The molecule has 0 spiro atoms. The van der Waals surface area contributed by atoms with Crippen molar-refractivity contribution in [2.45, 2.75) is 125 Å². The summed E-state index contributed by atoms with van der Waals surface area (Å²) >= 11 is 0. The second-order valence-electron chi connectivity index (χ2n) is 9.89. The Morgan fingerprint density at radius 1 is 0.763 bits per heavy atom. The van der Waals surface area contributed by atoms with Crippen LogP contribution in [0.25, 0.3) is 0 Å². The molecule has 0 saturated carbocycles. The van der Waals surface area contributed by atoms with Crippen LogP contribution in [0.4, 0.5) is 0 Å². The van der Waals surface area contributed by atoms with Gasteiger partial charge < -0.3 is 14.2 Å². The minimum Gasteiger partial charge on any atom is -0.461 e. The number of esters is 3. The summed E-state index contributed by atoms with van der Waals surface area (Å²) in [6.07, 6.45) is 17.5. The van der Waals surface area contributed by atoms with Gasteiger partial charge in [0.15, 0.2) is 0 Å². The minimum atomic E-state index is -0.660. The van der Waals surface area contributed by atoms with E-state index in [0.717, 1.165) is 30.4 Å². The largest absolute Gasteiger partial charge is 0.461 e. The van der Waals surface area contributed by atoms with Gasteiger partial charge in [-0.1, -0.05) is 88.2 Å². The number of carbonyl (C=O) groups excluding carboxylic acids is 3. The van der Waals surface area contributed by atoms with E-state index < -0.39 is 18.0 Å². The van der Waals surface area contributed by atoms with Crippen molar-refractivity contribution in [3.63, 3.8) is 0 Å². The molecule has 0 heterocycles. The van der Waals surface area contributed by atoms with Crippen LogP contribution in [-0.4, -0.2) is 37.2 Å². The van der Waals surface area contributed by atoms with Crippen LogP contribution >= 0.6 is 0 Å². The number of allylic oxidation sites excluding steroid dienone is 3. The van der Waals surface area contributed by atoms with Crippen LogP contribution in [0.15, 0.2) is 34.9 Å². The van der Waals surface area contributed by atoms with Gasteiger partial charge in [-0.2, -0.15) is 0 Å². The molecule has 0 bridgehead atoms. The Labute approximate surface area is 231 Å². The third-order valence-electron chi connectivity index (χ3n) is 5.76. The van der Waals surface area contributed by atoms with E-state index in [1.807, 2.05) is 32.9 Å². The fourth-order valence-electron chi connectivity index (χ4n) is 3.64.